The van der Waals surface area contributed by atoms with E-state index >= 15 is 0 Å². The van der Waals surface area contributed by atoms with Crippen molar-refractivity contribution in [3.63, 3.8) is 0 Å². The first kappa shape index (κ1) is 14.9. The van der Waals surface area contributed by atoms with Crippen molar-refractivity contribution < 1.29 is 0 Å². The molecule has 0 saturated carbocycles. The summed E-state index contributed by atoms with van der Waals surface area (Å²) in [6.07, 6.45) is 13.0. The van der Waals surface area contributed by atoms with Crippen molar-refractivity contribution in [2.45, 2.75) is 64.8 Å². The molecule has 0 bridgehead atoms. The lowest BCUT2D eigenvalue weighted by Gasteiger charge is -2.24. The summed E-state index contributed by atoms with van der Waals surface area (Å²) in [6.45, 7) is 6.76. The maximum Gasteiger partial charge on any atom is 0.0580 e. The molecule has 1 heterocycles. The van der Waals surface area contributed by atoms with Gasteiger partial charge in [-0.15, -0.1) is 0 Å². The Kier molecular flexibility index (Phi) is 6.63. The van der Waals surface area contributed by atoms with Crippen LogP contribution in [0.2, 0.25) is 0 Å². The lowest BCUT2D eigenvalue weighted by Crippen LogP contribution is -2.22. The summed E-state index contributed by atoms with van der Waals surface area (Å²) < 4.78 is 0. The number of unbranched alkanes of at least 4 members (excludes halogenated alkanes) is 2. The van der Waals surface area contributed by atoms with E-state index in [4.69, 9.17) is 4.99 Å². The van der Waals surface area contributed by atoms with Crippen LogP contribution < -0.4 is 0 Å². The maximum atomic E-state index is 4.82. The van der Waals surface area contributed by atoms with Crippen LogP contribution in [-0.2, 0) is 0 Å². The van der Waals surface area contributed by atoms with Crippen molar-refractivity contribution in [1.29, 1.82) is 0 Å². The summed E-state index contributed by atoms with van der Waals surface area (Å²) >= 11 is 0. The van der Waals surface area contributed by atoms with Crippen molar-refractivity contribution >= 4 is 6.21 Å². The van der Waals surface area contributed by atoms with Crippen LogP contribution in [0.15, 0.2) is 29.5 Å². The van der Waals surface area contributed by atoms with Crippen LogP contribution in [0.3, 0.4) is 0 Å². The predicted molar refractivity (Wildman–Crippen MR) is 79.3 cm³/mol. The number of hydrogen-bond donors (Lipinski definition) is 0. The Hall–Kier alpha value is -1.18. The molecule has 1 rings (SSSR count). The van der Waals surface area contributed by atoms with E-state index in [0.717, 1.165) is 12.0 Å². The van der Waals surface area contributed by atoms with Gasteiger partial charge in [0, 0.05) is 24.2 Å². The van der Waals surface area contributed by atoms with Crippen LogP contribution >= 0.6 is 0 Å². The topological polar surface area (TPSA) is 25.2 Å². The van der Waals surface area contributed by atoms with Crippen LogP contribution in [0.25, 0.3) is 0 Å². The van der Waals surface area contributed by atoms with Gasteiger partial charge in [0.2, 0.25) is 0 Å². The molecule has 1 aromatic heterocycles. The number of pyridine rings is 1. The highest BCUT2D eigenvalue weighted by Crippen LogP contribution is 2.25. The molecule has 2 heteroatoms. The van der Waals surface area contributed by atoms with E-state index in [1.807, 2.05) is 18.5 Å². The van der Waals surface area contributed by atoms with Gasteiger partial charge in [-0.1, -0.05) is 45.6 Å². The minimum Gasteiger partial charge on any atom is -0.286 e. The third kappa shape index (κ3) is 5.44. The second-order valence-corrected chi connectivity index (χ2v) is 5.25. The lowest BCUT2D eigenvalue weighted by atomic mass is 9.90. The van der Waals surface area contributed by atoms with Crippen molar-refractivity contribution in [3.05, 3.63) is 30.1 Å². The van der Waals surface area contributed by atoms with E-state index in [1.54, 1.807) is 6.20 Å². The van der Waals surface area contributed by atoms with Gasteiger partial charge in [0.15, 0.2) is 0 Å². The third-order valence-corrected chi connectivity index (χ3v) is 3.32. The van der Waals surface area contributed by atoms with Crippen molar-refractivity contribution in [2.24, 2.45) is 4.99 Å². The molecule has 0 saturated heterocycles. The van der Waals surface area contributed by atoms with Gasteiger partial charge in [-0.3, -0.25) is 9.98 Å². The van der Waals surface area contributed by atoms with Crippen molar-refractivity contribution in [2.75, 3.05) is 0 Å². The molecule has 0 aliphatic rings. The van der Waals surface area contributed by atoms with Gasteiger partial charge in [0.1, 0.15) is 0 Å². The van der Waals surface area contributed by atoms with Crippen molar-refractivity contribution in [3.8, 4) is 0 Å². The molecular weight excluding hydrogens is 220 g/mol. The summed E-state index contributed by atoms with van der Waals surface area (Å²) in [4.78, 5) is 8.94. The molecule has 0 spiro atoms. The fourth-order valence-corrected chi connectivity index (χ4v) is 2.23. The first-order valence-electron chi connectivity index (χ1n) is 7.15. The standard InChI is InChI=1S/C16H26N2/c1-4-6-7-11-16(3,10-5-2)18-14-15-9-8-12-17-13-15/h8-9,12-14H,4-7,10-11H2,1-3H3/b18-14+. The number of aliphatic imine (C=N–C) groups is 1. The Labute approximate surface area is 112 Å². The van der Waals surface area contributed by atoms with Gasteiger partial charge in [-0.05, 0) is 25.8 Å². The molecule has 1 unspecified atom stereocenters. The van der Waals surface area contributed by atoms with Crippen LogP contribution in [0.1, 0.15) is 64.9 Å². The summed E-state index contributed by atoms with van der Waals surface area (Å²) in [5.41, 5.74) is 1.19. The summed E-state index contributed by atoms with van der Waals surface area (Å²) in [7, 11) is 0. The Balaban J connectivity index is 2.63. The fraction of sp³-hybridized carbons (Fsp3) is 0.625. The number of rotatable bonds is 8. The zero-order valence-electron chi connectivity index (χ0n) is 12.0. The second kappa shape index (κ2) is 8.02. The van der Waals surface area contributed by atoms with Crippen LogP contribution in [-0.4, -0.2) is 16.7 Å². The quantitative estimate of drug-likeness (QED) is 0.484. The highest BCUT2D eigenvalue weighted by atomic mass is 14.8. The SMILES string of the molecule is CCCCCC(C)(CCC)/N=C/c1cccnc1. The van der Waals surface area contributed by atoms with Gasteiger partial charge in [0.05, 0.1) is 5.54 Å². The monoisotopic (exact) mass is 246 g/mol. The predicted octanol–water partition coefficient (Wildman–Crippen LogP) is 4.64. The third-order valence-electron chi connectivity index (χ3n) is 3.32. The van der Waals surface area contributed by atoms with E-state index < -0.39 is 0 Å². The number of hydrogen-bond acceptors (Lipinski definition) is 2. The molecule has 0 aliphatic heterocycles. The Morgan fingerprint density at radius 3 is 2.67 bits per heavy atom. The minimum atomic E-state index is 0.0970. The van der Waals surface area contributed by atoms with Gasteiger partial charge in [0.25, 0.3) is 0 Å². The summed E-state index contributed by atoms with van der Waals surface area (Å²) in [6, 6.07) is 4.00. The Bertz CT molecular complexity index is 345. The minimum absolute atomic E-state index is 0.0970. The molecule has 0 N–H and O–H groups in total. The van der Waals surface area contributed by atoms with Gasteiger partial charge >= 0.3 is 0 Å². The van der Waals surface area contributed by atoms with Gasteiger partial charge in [-0.2, -0.15) is 0 Å². The van der Waals surface area contributed by atoms with E-state index in [0.29, 0.717) is 0 Å². The van der Waals surface area contributed by atoms with E-state index in [2.05, 4.69) is 31.8 Å². The zero-order chi connectivity index (χ0) is 13.3. The number of nitrogens with zero attached hydrogens (tertiary/aromatic N) is 2. The van der Waals surface area contributed by atoms with Gasteiger partial charge in [-0.25, -0.2) is 0 Å². The van der Waals surface area contributed by atoms with E-state index in [1.165, 1.54) is 32.1 Å². The van der Waals surface area contributed by atoms with Gasteiger partial charge < -0.3 is 0 Å². The Morgan fingerprint density at radius 2 is 2.06 bits per heavy atom. The van der Waals surface area contributed by atoms with E-state index in [-0.39, 0.29) is 5.54 Å². The summed E-state index contributed by atoms with van der Waals surface area (Å²) in [5, 5.41) is 0. The average Bonchev–Trinajstić information content (AvgIpc) is 2.39. The molecule has 0 amide bonds. The highest BCUT2D eigenvalue weighted by molar-refractivity contribution is 5.79. The maximum absolute atomic E-state index is 4.82. The van der Waals surface area contributed by atoms with Crippen LogP contribution in [0.5, 0.6) is 0 Å². The highest BCUT2D eigenvalue weighted by Gasteiger charge is 2.20. The number of aromatic nitrogens is 1. The molecular formula is C16H26N2. The second-order valence-electron chi connectivity index (χ2n) is 5.25. The normalized spacial score (nSPS) is 14.8. The van der Waals surface area contributed by atoms with Crippen LogP contribution in [0, 0.1) is 0 Å². The molecule has 100 valence electrons. The Morgan fingerprint density at radius 1 is 1.22 bits per heavy atom. The smallest absolute Gasteiger partial charge is 0.0580 e. The fourth-order valence-electron chi connectivity index (χ4n) is 2.23. The molecule has 0 fully saturated rings. The average molecular weight is 246 g/mol. The molecule has 1 atom stereocenters. The molecule has 0 aromatic carbocycles. The largest absolute Gasteiger partial charge is 0.286 e. The lowest BCUT2D eigenvalue weighted by molar-refractivity contribution is 0.384. The molecule has 0 radical (unpaired) electrons. The summed E-state index contributed by atoms with van der Waals surface area (Å²) in [5.74, 6) is 0. The first-order chi connectivity index (χ1) is 8.70. The first-order valence-corrected chi connectivity index (χ1v) is 7.15. The molecule has 1 aromatic rings. The zero-order valence-corrected chi connectivity index (χ0v) is 12.0. The molecule has 18 heavy (non-hydrogen) atoms. The van der Waals surface area contributed by atoms with E-state index in [9.17, 15) is 0 Å². The molecule has 2 nitrogen and oxygen atoms in total. The van der Waals surface area contributed by atoms with Crippen molar-refractivity contribution in [1.82, 2.24) is 4.98 Å². The molecule has 0 aliphatic carbocycles. The van der Waals surface area contributed by atoms with Crippen LogP contribution in [0.4, 0.5) is 0 Å².